The molecule has 0 aromatic heterocycles. The first-order valence-corrected chi connectivity index (χ1v) is 11.2. The van der Waals surface area contributed by atoms with Gasteiger partial charge in [0.1, 0.15) is 17.3 Å². The van der Waals surface area contributed by atoms with Gasteiger partial charge in [0.25, 0.3) is 11.7 Å². The third kappa shape index (κ3) is 5.03. The summed E-state index contributed by atoms with van der Waals surface area (Å²) in [6.07, 6.45) is 0.697. The molecule has 1 fully saturated rings. The molecule has 2 aromatic carbocycles. The summed E-state index contributed by atoms with van der Waals surface area (Å²) in [6, 6.07) is 13.3. The molecule has 1 aliphatic heterocycles. The highest BCUT2D eigenvalue weighted by Crippen LogP contribution is 2.43. The van der Waals surface area contributed by atoms with Crippen LogP contribution in [0, 0.1) is 0 Å². The van der Waals surface area contributed by atoms with E-state index in [2.05, 4.69) is 18.7 Å². The van der Waals surface area contributed by atoms with Crippen LogP contribution in [0.25, 0.3) is 5.76 Å². The predicted molar refractivity (Wildman–Crippen MR) is 127 cm³/mol. The van der Waals surface area contributed by atoms with Gasteiger partial charge in [-0.25, -0.2) is 0 Å². The van der Waals surface area contributed by atoms with Crippen LogP contribution in [-0.2, 0) is 9.59 Å². The fourth-order valence-corrected chi connectivity index (χ4v) is 4.24. The smallest absolute Gasteiger partial charge is 0.295 e. The highest BCUT2D eigenvalue weighted by Gasteiger charge is 2.47. The van der Waals surface area contributed by atoms with Crippen LogP contribution in [0.1, 0.15) is 37.4 Å². The molecule has 1 atom stereocenters. The van der Waals surface area contributed by atoms with E-state index in [4.69, 9.17) is 9.47 Å². The maximum atomic E-state index is 13.2. The largest absolute Gasteiger partial charge is 0.507 e. The summed E-state index contributed by atoms with van der Waals surface area (Å²) in [5.41, 5.74) is 1.13. The molecule has 1 saturated heterocycles. The zero-order chi connectivity index (χ0) is 24.0. The molecule has 3 rings (SSSR count). The lowest BCUT2D eigenvalue weighted by Crippen LogP contribution is -2.33. The second-order valence-electron chi connectivity index (χ2n) is 7.85. The zero-order valence-electron chi connectivity index (χ0n) is 19.7. The van der Waals surface area contributed by atoms with Crippen molar-refractivity contribution >= 4 is 17.4 Å². The van der Waals surface area contributed by atoms with Gasteiger partial charge in [-0.2, -0.15) is 0 Å². The maximum Gasteiger partial charge on any atom is 0.295 e. The van der Waals surface area contributed by atoms with Gasteiger partial charge in [0.05, 0.1) is 25.8 Å². The number of hydrogen-bond acceptors (Lipinski definition) is 6. The van der Waals surface area contributed by atoms with Gasteiger partial charge in [-0.3, -0.25) is 9.59 Å². The standard InChI is InChI=1S/C26H32N2O5/c1-5-27(6-2)15-10-16-28-23(20-17-19(32-3)13-14-21(20)33-4)22(25(30)26(28)31)24(29)18-11-8-7-9-12-18/h7-9,11-14,17,23,29H,5-6,10,15-16H2,1-4H3/b24-22-/t23-/m1/s1. The van der Waals surface area contributed by atoms with Gasteiger partial charge >= 0.3 is 0 Å². The molecule has 0 radical (unpaired) electrons. The van der Waals surface area contributed by atoms with E-state index in [0.29, 0.717) is 35.6 Å². The lowest BCUT2D eigenvalue weighted by molar-refractivity contribution is -0.140. The third-order valence-corrected chi connectivity index (χ3v) is 6.09. The average Bonchev–Trinajstić information content (AvgIpc) is 3.11. The molecule has 7 nitrogen and oxygen atoms in total. The van der Waals surface area contributed by atoms with Crippen molar-refractivity contribution in [2.75, 3.05) is 40.4 Å². The first-order valence-electron chi connectivity index (χ1n) is 11.2. The summed E-state index contributed by atoms with van der Waals surface area (Å²) in [5.74, 6) is -0.444. The molecule has 0 aliphatic carbocycles. The van der Waals surface area contributed by atoms with Crippen LogP contribution in [0.3, 0.4) is 0 Å². The van der Waals surface area contributed by atoms with E-state index in [1.54, 1.807) is 49.6 Å². The van der Waals surface area contributed by atoms with Gasteiger partial charge in [0.15, 0.2) is 0 Å². The van der Waals surface area contributed by atoms with E-state index < -0.39 is 17.7 Å². The Bertz CT molecular complexity index is 1010. The first kappa shape index (κ1) is 24.3. The van der Waals surface area contributed by atoms with Crippen molar-refractivity contribution in [1.82, 2.24) is 9.80 Å². The number of ketones is 1. The van der Waals surface area contributed by atoms with Gasteiger partial charge in [0, 0.05) is 17.7 Å². The van der Waals surface area contributed by atoms with Crippen LogP contribution in [0.5, 0.6) is 11.5 Å². The Hall–Kier alpha value is -3.32. The van der Waals surface area contributed by atoms with Crippen molar-refractivity contribution in [3.05, 3.63) is 65.2 Å². The van der Waals surface area contributed by atoms with E-state index >= 15 is 0 Å². The second kappa shape index (κ2) is 11.0. The molecular weight excluding hydrogens is 420 g/mol. The van der Waals surface area contributed by atoms with Gasteiger partial charge in [-0.15, -0.1) is 0 Å². The number of aliphatic hydroxyl groups is 1. The number of carbonyl (C=O) groups excluding carboxylic acids is 2. The fourth-order valence-electron chi connectivity index (χ4n) is 4.24. The summed E-state index contributed by atoms with van der Waals surface area (Å²) in [5, 5.41) is 11.1. The van der Waals surface area contributed by atoms with E-state index in [0.717, 1.165) is 19.6 Å². The maximum absolute atomic E-state index is 13.2. The Balaban J connectivity index is 2.11. The van der Waals surface area contributed by atoms with Crippen LogP contribution in [0.2, 0.25) is 0 Å². The molecule has 0 saturated carbocycles. The molecule has 1 heterocycles. The van der Waals surface area contributed by atoms with Crippen molar-refractivity contribution in [3.63, 3.8) is 0 Å². The summed E-state index contributed by atoms with van der Waals surface area (Å²) in [7, 11) is 3.09. The molecule has 0 spiro atoms. The summed E-state index contributed by atoms with van der Waals surface area (Å²) in [6.45, 7) is 7.19. The lowest BCUT2D eigenvalue weighted by atomic mass is 9.94. The van der Waals surface area contributed by atoms with Crippen molar-refractivity contribution in [1.29, 1.82) is 0 Å². The topological polar surface area (TPSA) is 79.3 Å². The SMILES string of the molecule is CCN(CC)CCCN1C(=O)C(=O)/C(=C(\O)c2ccccc2)[C@H]1c1cc(OC)ccc1OC. The van der Waals surface area contributed by atoms with Crippen molar-refractivity contribution in [3.8, 4) is 11.5 Å². The molecule has 1 amide bonds. The van der Waals surface area contributed by atoms with E-state index in [1.165, 1.54) is 12.0 Å². The number of methoxy groups -OCH3 is 2. The monoisotopic (exact) mass is 452 g/mol. The molecule has 7 heteroatoms. The molecule has 1 aliphatic rings. The molecule has 33 heavy (non-hydrogen) atoms. The second-order valence-corrected chi connectivity index (χ2v) is 7.85. The molecule has 2 aromatic rings. The highest BCUT2D eigenvalue weighted by molar-refractivity contribution is 6.46. The quantitative estimate of drug-likeness (QED) is 0.335. The Morgan fingerprint density at radius 3 is 2.33 bits per heavy atom. The van der Waals surface area contributed by atoms with Crippen LogP contribution >= 0.6 is 0 Å². The fraction of sp³-hybridized carbons (Fsp3) is 0.385. The Morgan fingerprint density at radius 1 is 1.03 bits per heavy atom. The Morgan fingerprint density at radius 2 is 1.73 bits per heavy atom. The van der Waals surface area contributed by atoms with E-state index in [1.807, 2.05) is 6.07 Å². The van der Waals surface area contributed by atoms with Gasteiger partial charge in [-0.05, 0) is 44.3 Å². The van der Waals surface area contributed by atoms with E-state index in [9.17, 15) is 14.7 Å². The number of carbonyl (C=O) groups is 2. The lowest BCUT2D eigenvalue weighted by Gasteiger charge is -2.28. The Labute approximate surface area is 195 Å². The first-order chi connectivity index (χ1) is 16.0. The summed E-state index contributed by atoms with van der Waals surface area (Å²) >= 11 is 0. The number of rotatable bonds is 10. The molecule has 176 valence electrons. The molecule has 0 bridgehead atoms. The number of nitrogens with zero attached hydrogens (tertiary/aromatic N) is 2. The average molecular weight is 453 g/mol. The normalized spacial score (nSPS) is 17.6. The van der Waals surface area contributed by atoms with Crippen LogP contribution < -0.4 is 9.47 Å². The minimum atomic E-state index is -0.785. The van der Waals surface area contributed by atoms with Gasteiger partial charge in [-0.1, -0.05) is 44.2 Å². The number of hydrogen-bond donors (Lipinski definition) is 1. The number of likely N-dealkylation sites (tertiary alicyclic amines) is 1. The zero-order valence-corrected chi connectivity index (χ0v) is 19.7. The molecule has 0 unspecified atom stereocenters. The summed E-state index contributed by atoms with van der Waals surface area (Å²) < 4.78 is 11.0. The van der Waals surface area contributed by atoms with Gasteiger partial charge in [0.2, 0.25) is 0 Å². The van der Waals surface area contributed by atoms with Crippen molar-refractivity contribution in [2.45, 2.75) is 26.3 Å². The molecule has 1 N–H and O–H groups in total. The third-order valence-electron chi connectivity index (χ3n) is 6.09. The number of aliphatic hydroxyl groups excluding tert-OH is 1. The minimum absolute atomic E-state index is 0.0561. The van der Waals surface area contributed by atoms with E-state index in [-0.39, 0.29) is 11.3 Å². The number of ether oxygens (including phenoxy) is 2. The number of amides is 1. The van der Waals surface area contributed by atoms with Crippen LogP contribution in [0.15, 0.2) is 54.1 Å². The Kier molecular flexibility index (Phi) is 8.11. The molecular formula is C26H32N2O5. The summed E-state index contributed by atoms with van der Waals surface area (Å²) in [4.78, 5) is 30.1. The predicted octanol–water partition coefficient (Wildman–Crippen LogP) is 3.86. The van der Waals surface area contributed by atoms with Gasteiger partial charge < -0.3 is 24.4 Å². The highest BCUT2D eigenvalue weighted by atomic mass is 16.5. The number of benzene rings is 2. The van der Waals surface area contributed by atoms with Crippen molar-refractivity contribution < 1.29 is 24.2 Å². The number of Topliss-reactive ketones (excluding diaryl/α,β-unsaturated/α-hetero) is 1. The van der Waals surface area contributed by atoms with Crippen molar-refractivity contribution in [2.24, 2.45) is 0 Å². The van der Waals surface area contributed by atoms with Crippen LogP contribution in [-0.4, -0.2) is 67.0 Å². The minimum Gasteiger partial charge on any atom is -0.507 e. The van der Waals surface area contributed by atoms with Crippen LogP contribution in [0.4, 0.5) is 0 Å².